The summed E-state index contributed by atoms with van der Waals surface area (Å²) in [5.41, 5.74) is 7.87. The van der Waals surface area contributed by atoms with Crippen LogP contribution in [-0.4, -0.2) is 71.3 Å². The van der Waals surface area contributed by atoms with Gasteiger partial charge >= 0.3 is 53.4 Å². The maximum Gasteiger partial charge on any atom is 1.00 e. The smallest absolute Gasteiger partial charge is 0.870 e. The van der Waals surface area contributed by atoms with Crippen LogP contribution in [0.5, 0.6) is 0 Å². The molecule has 0 bridgehead atoms. The first-order valence-corrected chi connectivity index (χ1v) is 23.1. The Morgan fingerprint density at radius 1 is 0.575 bits per heavy atom. The van der Waals surface area contributed by atoms with Gasteiger partial charge in [0.2, 0.25) is 0 Å². The zero-order valence-electron chi connectivity index (χ0n) is 42.1. The Bertz CT molecular complexity index is 2910. The number of rotatable bonds is 10. The van der Waals surface area contributed by atoms with Gasteiger partial charge in [-0.1, -0.05) is 68.1 Å². The summed E-state index contributed by atoms with van der Waals surface area (Å²) >= 11 is 0. The molecule has 0 unspecified atom stereocenters. The van der Waals surface area contributed by atoms with Crippen LogP contribution in [0.3, 0.4) is 0 Å². The molecule has 8 rings (SSSR count). The Hall–Kier alpha value is -6.42. The molecule has 0 aliphatic carbocycles. The Balaban J connectivity index is 0.000000365. The Morgan fingerprint density at radius 3 is 1.36 bits per heavy atom. The van der Waals surface area contributed by atoms with Crippen LogP contribution in [0.15, 0.2) is 121 Å². The summed E-state index contributed by atoms with van der Waals surface area (Å²) in [6.45, 7) is 13.2. The van der Waals surface area contributed by atoms with E-state index >= 15 is 8.78 Å². The fraction of sp³-hybridized carbons (Fsp3) is 0.310. The Kier molecular flexibility index (Phi) is 21.7. The quantitative estimate of drug-likeness (QED) is 0.0785. The molecule has 0 atom stereocenters. The fourth-order valence-electron chi connectivity index (χ4n) is 8.65. The average molecular weight is 1010 g/mol. The third-order valence-electron chi connectivity index (χ3n) is 11.8. The third kappa shape index (κ3) is 15.3. The van der Waals surface area contributed by atoms with Gasteiger partial charge in [0.1, 0.15) is 22.8 Å². The van der Waals surface area contributed by atoms with Crippen LogP contribution in [0, 0.1) is 11.6 Å². The molecule has 15 heteroatoms. The van der Waals surface area contributed by atoms with Crippen molar-refractivity contribution in [1.82, 2.24) is 0 Å². The van der Waals surface area contributed by atoms with Crippen LogP contribution in [0.1, 0.15) is 125 Å². The van der Waals surface area contributed by atoms with E-state index in [9.17, 15) is 24.3 Å². The second-order valence-electron chi connectivity index (χ2n) is 19.2. The first-order valence-electron chi connectivity index (χ1n) is 23.1. The van der Waals surface area contributed by atoms with Gasteiger partial charge in [0.25, 0.3) is 0 Å². The van der Waals surface area contributed by atoms with Crippen molar-refractivity contribution >= 4 is 35.3 Å². The van der Waals surface area contributed by atoms with Gasteiger partial charge in [-0.15, -0.1) is 0 Å². The summed E-state index contributed by atoms with van der Waals surface area (Å²) < 4.78 is 46.4. The van der Waals surface area contributed by atoms with Gasteiger partial charge in [0.05, 0.1) is 29.4 Å². The minimum absolute atomic E-state index is 0. The van der Waals surface area contributed by atoms with Gasteiger partial charge in [-0.2, -0.15) is 0 Å². The SMILES string of the molecule is C.CC(C)(C)OC(=O)c1ccccc1-c1ccc(CN2CCCc3cc(C(=O)O)ccc32)c(F)c1.COC(=O)c1ccc2c(c1)CCCN2Cc1ccc(-c2ccccc2C(=O)OC(C)(C)C)cc1F.O.[Na+].[OH-]. The molecule has 73 heavy (non-hydrogen) atoms. The number of carbonyl (C=O) groups is 4. The number of aromatic carboxylic acids is 1. The van der Waals surface area contributed by atoms with E-state index in [1.165, 1.54) is 19.2 Å². The number of benzene rings is 6. The summed E-state index contributed by atoms with van der Waals surface area (Å²) in [4.78, 5) is 52.8. The van der Waals surface area contributed by atoms with Crippen LogP contribution in [-0.2, 0) is 40.1 Å². The number of nitrogens with zero attached hydrogens (tertiary/aromatic N) is 2. The van der Waals surface area contributed by atoms with Crippen molar-refractivity contribution in [2.45, 2.75) is 98.9 Å². The molecular formula is C58H65F2N2NaO10. The second kappa shape index (κ2) is 26.0. The predicted molar refractivity (Wildman–Crippen MR) is 276 cm³/mol. The largest absolute Gasteiger partial charge is 1.00 e. The van der Waals surface area contributed by atoms with Gasteiger partial charge in [-0.3, -0.25) is 0 Å². The van der Waals surface area contributed by atoms with E-state index in [1.54, 1.807) is 72.8 Å². The van der Waals surface area contributed by atoms with Crippen molar-refractivity contribution in [3.63, 3.8) is 0 Å². The molecule has 2 heterocycles. The van der Waals surface area contributed by atoms with Crippen molar-refractivity contribution in [1.29, 1.82) is 0 Å². The molecule has 6 aromatic carbocycles. The second-order valence-corrected chi connectivity index (χ2v) is 19.2. The zero-order valence-corrected chi connectivity index (χ0v) is 44.1. The van der Waals surface area contributed by atoms with Crippen molar-refractivity contribution in [2.75, 3.05) is 30.0 Å². The van der Waals surface area contributed by atoms with E-state index in [0.717, 1.165) is 61.3 Å². The van der Waals surface area contributed by atoms with E-state index in [2.05, 4.69) is 9.80 Å². The van der Waals surface area contributed by atoms with Crippen LogP contribution >= 0.6 is 0 Å². The standard InChI is InChI=1S/C29H30FNO4.C28H28FNO4.CH4.Na.2H2O/c1-29(2,3)35-28(33)24-10-6-5-9-23(24)19-11-12-22(25(30)17-19)18-31-15-7-8-20-16-21(27(32)34-4)13-14-26(20)31;1-28(2,3)34-27(33)23-9-5-4-8-22(23)18-10-11-21(24(29)16-18)17-30-14-6-7-19-15-20(26(31)32)12-13-25(19)30;;;;/h5-6,9-14,16-17H,7-8,15,18H2,1-4H3;4-5,8-13,15-16H,6-7,14,17H2,1-3H3,(H,31,32);1H4;;2*1H2/q;;;+1;;/p-1. The number of halogens is 2. The van der Waals surface area contributed by atoms with Crippen molar-refractivity contribution in [3.05, 3.63) is 177 Å². The Morgan fingerprint density at radius 2 is 0.973 bits per heavy atom. The van der Waals surface area contributed by atoms with E-state index < -0.39 is 29.1 Å². The molecule has 2 aliphatic rings. The van der Waals surface area contributed by atoms with Crippen molar-refractivity contribution < 1.29 is 87.8 Å². The maximum absolute atomic E-state index is 15.3. The maximum atomic E-state index is 15.3. The number of carboxylic acid groups (broad SMARTS) is 1. The van der Waals surface area contributed by atoms with E-state index in [0.29, 0.717) is 63.2 Å². The van der Waals surface area contributed by atoms with Crippen LogP contribution < -0.4 is 39.4 Å². The van der Waals surface area contributed by atoms with Crippen LogP contribution in [0.2, 0.25) is 0 Å². The molecule has 12 nitrogen and oxygen atoms in total. The topological polar surface area (TPSA) is 184 Å². The number of aryl methyl sites for hydroxylation is 2. The molecule has 6 aromatic rings. The summed E-state index contributed by atoms with van der Waals surface area (Å²) in [7, 11) is 1.37. The van der Waals surface area contributed by atoms with Crippen molar-refractivity contribution in [2.24, 2.45) is 0 Å². The molecule has 0 saturated heterocycles. The number of esters is 3. The molecule has 0 amide bonds. The summed E-state index contributed by atoms with van der Waals surface area (Å²) in [5, 5.41) is 9.26. The monoisotopic (exact) mass is 1010 g/mol. The number of hydrogen-bond donors (Lipinski definition) is 1. The predicted octanol–water partition coefficient (Wildman–Crippen LogP) is 8.93. The molecule has 0 fully saturated rings. The van der Waals surface area contributed by atoms with Crippen molar-refractivity contribution in [3.8, 4) is 22.3 Å². The van der Waals surface area contributed by atoms with Crippen LogP contribution in [0.25, 0.3) is 22.3 Å². The molecule has 0 aromatic heterocycles. The average Bonchev–Trinajstić information content (AvgIpc) is 3.31. The Labute approximate surface area is 449 Å². The fourth-order valence-corrected chi connectivity index (χ4v) is 8.65. The third-order valence-corrected chi connectivity index (χ3v) is 11.8. The summed E-state index contributed by atoms with van der Waals surface area (Å²) in [6, 6.07) is 34.9. The van der Waals surface area contributed by atoms with Gasteiger partial charge in [0, 0.05) is 48.7 Å². The van der Waals surface area contributed by atoms with Gasteiger partial charge in [-0.25, -0.2) is 28.0 Å². The van der Waals surface area contributed by atoms with E-state index in [4.69, 9.17) is 14.2 Å². The van der Waals surface area contributed by atoms with Gasteiger partial charge in [0.15, 0.2) is 0 Å². The zero-order chi connectivity index (χ0) is 49.6. The number of fused-ring (bicyclic) bond motifs is 2. The molecule has 2 aliphatic heterocycles. The van der Waals surface area contributed by atoms with Gasteiger partial charge < -0.3 is 40.1 Å². The molecule has 0 saturated carbocycles. The molecular weight excluding hydrogens is 946 g/mol. The number of carboxylic acids is 1. The first-order chi connectivity index (χ1) is 32.8. The van der Waals surface area contributed by atoms with Crippen LogP contribution in [0.4, 0.5) is 20.2 Å². The number of anilines is 2. The molecule has 382 valence electrons. The molecule has 0 spiro atoms. The van der Waals surface area contributed by atoms with E-state index in [-0.39, 0.29) is 71.1 Å². The number of ether oxygens (including phenoxy) is 3. The molecule has 4 N–H and O–H groups in total. The number of hydrogen-bond acceptors (Lipinski definition) is 10. The summed E-state index contributed by atoms with van der Waals surface area (Å²) in [6.07, 6.45) is 3.45. The minimum atomic E-state index is -0.951. The number of methoxy groups -OCH3 is 1. The minimum Gasteiger partial charge on any atom is -0.870 e. The van der Waals surface area contributed by atoms with Gasteiger partial charge in [-0.05, 0) is 161 Å². The summed E-state index contributed by atoms with van der Waals surface area (Å²) in [5.74, 6) is -2.89. The first kappa shape index (κ1) is 60.9. The van der Waals surface area contributed by atoms with E-state index in [1.807, 2.05) is 77.9 Å². The number of carbonyl (C=O) groups excluding carboxylic acids is 3. The molecule has 0 radical (unpaired) electrons. The normalized spacial score (nSPS) is 12.6.